The molecule has 0 radical (unpaired) electrons. The minimum Gasteiger partial charge on any atom is -0.332 e. The summed E-state index contributed by atoms with van der Waals surface area (Å²) in [6.45, 7) is 1.81. The number of anilines is 3. The smallest absolute Gasteiger partial charge is 0.224 e. The van der Waals surface area contributed by atoms with Gasteiger partial charge in [0.05, 0.1) is 5.69 Å². The van der Waals surface area contributed by atoms with E-state index in [4.69, 9.17) is 0 Å². The summed E-state index contributed by atoms with van der Waals surface area (Å²) < 4.78 is 12.9. The molecule has 4 nitrogen and oxygen atoms in total. The standard InChI is InChI=1S/C18H16FN3OS/c1-2-17(23)20-14-7-3-12(4-8-14)16-11-24-18(22-16)21-15-9-5-13(19)6-10-15/h3-11H,2H2,1H3,(H,20,23)(H,21,22). The second-order valence-electron chi connectivity index (χ2n) is 5.15. The molecular formula is C18H16FN3OS. The van der Waals surface area contributed by atoms with E-state index in [1.165, 1.54) is 23.5 Å². The lowest BCUT2D eigenvalue weighted by atomic mass is 10.1. The molecule has 0 atom stereocenters. The number of rotatable bonds is 5. The van der Waals surface area contributed by atoms with Crippen molar-refractivity contribution in [2.45, 2.75) is 13.3 Å². The second-order valence-corrected chi connectivity index (χ2v) is 6.01. The Morgan fingerprint density at radius 3 is 2.42 bits per heavy atom. The van der Waals surface area contributed by atoms with Crippen LogP contribution in [0.1, 0.15) is 13.3 Å². The van der Waals surface area contributed by atoms with Gasteiger partial charge in [0.15, 0.2) is 5.13 Å². The maximum absolute atomic E-state index is 12.9. The highest BCUT2D eigenvalue weighted by Crippen LogP contribution is 2.28. The summed E-state index contributed by atoms with van der Waals surface area (Å²) in [7, 11) is 0. The molecule has 0 aliphatic rings. The number of hydrogen-bond donors (Lipinski definition) is 2. The Hall–Kier alpha value is -2.73. The molecule has 6 heteroatoms. The highest BCUT2D eigenvalue weighted by molar-refractivity contribution is 7.14. The predicted molar refractivity (Wildman–Crippen MR) is 96.2 cm³/mol. The maximum atomic E-state index is 12.9. The number of carbonyl (C=O) groups excluding carboxylic acids is 1. The van der Waals surface area contributed by atoms with Crippen LogP contribution in [0.2, 0.25) is 0 Å². The Balaban J connectivity index is 1.70. The molecule has 1 aromatic heterocycles. The van der Waals surface area contributed by atoms with Crippen LogP contribution in [0.4, 0.5) is 20.9 Å². The lowest BCUT2D eigenvalue weighted by Gasteiger charge is -2.04. The molecule has 2 aromatic carbocycles. The molecule has 0 aliphatic heterocycles. The lowest BCUT2D eigenvalue weighted by Crippen LogP contribution is -2.08. The number of carbonyl (C=O) groups is 1. The Morgan fingerprint density at radius 2 is 1.75 bits per heavy atom. The van der Waals surface area contributed by atoms with E-state index in [1.807, 2.05) is 36.6 Å². The molecule has 0 aliphatic carbocycles. The first-order valence-electron chi connectivity index (χ1n) is 7.52. The minimum absolute atomic E-state index is 0.0119. The molecule has 0 saturated carbocycles. The van der Waals surface area contributed by atoms with E-state index in [2.05, 4.69) is 15.6 Å². The van der Waals surface area contributed by atoms with Gasteiger partial charge in [-0.3, -0.25) is 4.79 Å². The number of aromatic nitrogens is 1. The van der Waals surface area contributed by atoms with Crippen LogP contribution in [-0.4, -0.2) is 10.9 Å². The largest absolute Gasteiger partial charge is 0.332 e. The lowest BCUT2D eigenvalue weighted by molar-refractivity contribution is -0.115. The zero-order valence-corrected chi connectivity index (χ0v) is 13.9. The fourth-order valence-corrected chi connectivity index (χ4v) is 2.83. The van der Waals surface area contributed by atoms with Gasteiger partial charge in [0, 0.05) is 28.7 Å². The molecule has 1 heterocycles. The zero-order valence-electron chi connectivity index (χ0n) is 13.0. The predicted octanol–water partition coefficient (Wildman–Crippen LogP) is 5.04. The van der Waals surface area contributed by atoms with Crippen LogP contribution in [0.3, 0.4) is 0 Å². The fraction of sp³-hybridized carbons (Fsp3) is 0.111. The molecule has 3 rings (SSSR count). The summed E-state index contributed by atoms with van der Waals surface area (Å²) in [5.41, 5.74) is 3.37. The van der Waals surface area contributed by atoms with Crippen molar-refractivity contribution < 1.29 is 9.18 Å². The Kier molecular flexibility index (Phi) is 4.86. The van der Waals surface area contributed by atoms with Crippen molar-refractivity contribution in [1.82, 2.24) is 4.98 Å². The quantitative estimate of drug-likeness (QED) is 0.683. The summed E-state index contributed by atoms with van der Waals surface area (Å²) in [5, 5.41) is 8.65. The molecule has 0 saturated heterocycles. The van der Waals surface area contributed by atoms with Gasteiger partial charge in [-0.05, 0) is 36.4 Å². The number of nitrogens with zero attached hydrogens (tertiary/aromatic N) is 1. The Bertz CT molecular complexity index is 828. The van der Waals surface area contributed by atoms with Crippen LogP contribution >= 0.6 is 11.3 Å². The van der Waals surface area contributed by atoms with E-state index in [-0.39, 0.29) is 11.7 Å². The highest BCUT2D eigenvalue weighted by atomic mass is 32.1. The van der Waals surface area contributed by atoms with E-state index in [9.17, 15) is 9.18 Å². The van der Waals surface area contributed by atoms with Crippen LogP contribution in [0.5, 0.6) is 0 Å². The van der Waals surface area contributed by atoms with Crippen molar-refractivity contribution >= 4 is 33.8 Å². The Morgan fingerprint density at radius 1 is 1.08 bits per heavy atom. The van der Waals surface area contributed by atoms with Crippen molar-refractivity contribution in [1.29, 1.82) is 0 Å². The molecule has 2 N–H and O–H groups in total. The molecule has 122 valence electrons. The zero-order chi connectivity index (χ0) is 16.9. The summed E-state index contributed by atoms with van der Waals surface area (Å²) in [4.78, 5) is 15.9. The number of hydrogen-bond acceptors (Lipinski definition) is 4. The molecule has 24 heavy (non-hydrogen) atoms. The van der Waals surface area contributed by atoms with E-state index in [1.54, 1.807) is 12.1 Å². The van der Waals surface area contributed by atoms with E-state index in [0.29, 0.717) is 6.42 Å². The van der Waals surface area contributed by atoms with Crippen molar-refractivity contribution in [2.24, 2.45) is 0 Å². The third-order valence-electron chi connectivity index (χ3n) is 3.39. The first-order valence-corrected chi connectivity index (χ1v) is 8.40. The molecule has 0 spiro atoms. The van der Waals surface area contributed by atoms with Crippen LogP contribution in [-0.2, 0) is 4.79 Å². The van der Waals surface area contributed by atoms with Crippen LogP contribution in [0.25, 0.3) is 11.3 Å². The van der Waals surface area contributed by atoms with Gasteiger partial charge in [-0.1, -0.05) is 19.1 Å². The molecule has 0 fully saturated rings. The number of thiazole rings is 1. The summed E-state index contributed by atoms with van der Waals surface area (Å²) >= 11 is 1.48. The second kappa shape index (κ2) is 7.23. The van der Waals surface area contributed by atoms with Gasteiger partial charge in [-0.15, -0.1) is 11.3 Å². The Labute approximate surface area is 143 Å². The highest BCUT2D eigenvalue weighted by Gasteiger charge is 2.06. The van der Waals surface area contributed by atoms with Gasteiger partial charge in [-0.25, -0.2) is 9.37 Å². The molecule has 0 bridgehead atoms. The topological polar surface area (TPSA) is 54.0 Å². The SMILES string of the molecule is CCC(=O)Nc1ccc(-c2csc(Nc3ccc(F)cc3)n2)cc1. The van der Waals surface area contributed by atoms with Crippen molar-refractivity contribution in [3.05, 3.63) is 59.7 Å². The van der Waals surface area contributed by atoms with Crippen molar-refractivity contribution in [2.75, 3.05) is 10.6 Å². The van der Waals surface area contributed by atoms with Crippen molar-refractivity contribution in [3.63, 3.8) is 0 Å². The first-order chi connectivity index (χ1) is 11.6. The van der Waals surface area contributed by atoms with Gasteiger partial charge in [0.2, 0.25) is 5.91 Å². The van der Waals surface area contributed by atoms with Crippen LogP contribution in [0.15, 0.2) is 53.9 Å². The summed E-state index contributed by atoms with van der Waals surface area (Å²) in [6.07, 6.45) is 0.451. The van der Waals surface area contributed by atoms with Gasteiger partial charge in [-0.2, -0.15) is 0 Å². The van der Waals surface area contributed by atoms with Crippen LogP contribution in [0, 0.1) is 5.82 Å². The summed E-state index contributed by atoms with van der Waals surface area (Å²) in [6, 6.07) is 13.7. The maximum Gasteiger partial charge on any atom is 0.224 e. The monoisotopic (exact) mass is 341 g/mol. The normalized spacial score (nSPS) is 10.4. The van der Waals surface area contributed by atoms with Gasteiger partial charge in [0.25, 0.3) is 0 Å². The van der Waals surface area contributed by atoms with E-state index in [0.717, 1.165) is 27.8 Å². The van der Waals surface area contributed by atoms with Gasteiger partial charge in [0.1, 0.15) is 5.82 Å². The molecule has 3 aromatic rings. The van der Waals surface area contributed by atoms with Crippen LogP contribution < -0.4 is 10.6 Å². The number of amides is 1. The minimum atomic E-state index is -0.268. The average molecular weight is 341 g/mol. The third kappa shape index (κ3) is 3.97. The number of nitrogens with one attached hydrogen (secondary N) is 2. The number of benzene rings is 2. The van der Waals surface area contributed by atoms with Crippen molar-refractivity contribution in [3.8, 4) is 11.3 Å². The van der Waals surface area contributed by atoms with Gasteiger partial charge < -0.3 is 10.6 Å². The van der Waals surface area contributed by atoms with E-state index >= 15 is 0 Å². The molecule has 0 unspecified atom stereocenters. The summed E-state index contributed by atoms with van der Waals surface area (Å²) in [5.74, 6) is -0.280. The first kappa shape index (κ1) is 16.1. The number of halogens is 1. The van der Waals surface area contributed by atoms with Gasteiger partial charge >= 0.3 is 0 Å². The molecule has 1 amide bonds. The fourth-order valence-electron chi connectivity index (χ4n) is 2.09. The third-order valence-corrected chi connectivity index (χ3v) is 4.14. The average Bonchev–Trinajstić information content (AvgIpc) is 3.06. The molecular weight excluding hydrogens is 325 g/mol. The van der Waals surface area contributed by atoms with E-state index < -0.39 is 0 Å².